The Morgan fingerprint density at radius 2 is 2.28 bits per heavy atom. The number of hydrogen-bond acceptors (Lipinski definition) is 4. The van der Waals surface area contributed by atoms with E-state index in [4.69, 9.17) is 4.42 Å². The number of oxazole rings is 1. The third-order valence-electron chi connectivity index (χ3n) is 2.67. The molecule has 0 spiro atoms. The Hall–Kier alpha value is -2.11. The summed E-state index contributed by atoms with van der Waals surface area (Å²) in [4.78, 5) is 20.0. The molecule has 1 amide bonds. The number of amides is 1. The smallest absolute Gasteiger partial charge is 0.287 e. The van der Waals surface area contributed by atoms with E-state index in [0.29, 0.717) is 24.7 Å². The number of aryl methyl sites for hydroxylation is 3. The van der Waals surface area contributed by atoms with Crippen molar-refractivity contribution < 1.29 is 9.21 Å². The van der Waals surface area contributed by atoms with Gasteiger partial charge in [0.05, 0.1) is 5.69 Å². The Morgan fingerprint density at radius 3 is 2.83 bits per heavy atom. The van der Waals surface area contributed by atoms with Crippen molar-refractivity contribution in [3.63, 3.8) is 0 Å². The van der Waals surface area contributed by atoms with Gasteiger partial charge in [-0.1, -0.05) is 0 Å². The Balaban J connectivity index is 1.88. The number of imidazole rings is 1. The van der Waals surface area contributed by atoms with Gasteiger partial charge in [-0.3, -0.25) is 4.79 Å². The van der Waals surface area contributed by atoms with E-state index in [-0.39, 0.29) is 5.91 Å². The molecule has 1 N–H and O–H groups in total. The summed E-state index contributed by atoms with van der Waals surface area (Å²) >= 11 is 0. The fourth-order valence-electron chi connectivity index (χ4n) is 1.76. The van der Waals surface area contributed by atoms with Crippen molar-refractivity contribution in [1.82, 2.24) is 19.9 Å². The van der Waals surface area contributed by atoms with Crippen molar-refractivity contribution in [3.05, 3.63) is 35.6 Å². The zero-order chi connectivity index (χ0) is 13.1. The van der Waals surface area contributed by atoms with Crippen molar-refractivity contribution in [2.75, 3.05) is 6.54 Å². The van der Waals surface area contributed by atoms with Crippen LogP contribution < -0.4 is 5.32 Å². The summed E-state index contributed by atoms with van der Waals surface area (Å²) in [6, 6.07) is 0. The highest BCUT2D eigenvalue weighted by atomic mass is 16.4. The van der Waals surface area contributed by atoms with Gasteiger partial charge < -0.3 is 14.3 Å². The molecule has 0 atom stereocenters. The molecule has 0 bridgehead atoms. The minimum atomic E-state index is -0.180. The number of hydrogen-bond donors (Lipinski definition) is 1. The molecular formula is C12H16N4O2. The van der Waals surface area contributed by atoms with E-state index in [9.17, 15) is 4.79 Å². The second-order valence-electron chi connectivity index (χ2n) is 4.10. The summed E-state index contributed by atoms with van der Waals surface area (Å²) in [5, 5.41) is 2.81. The zero-order valence-corrected chi connectivity index (χ0v) is 10.7. The van der Waals surface area contributed by atoms with Crippen molar-refractivity contribution in [2.24, 2.45) is 7.05 Å². The lowest BCUT2D eigenvalue weighted by molar-refractivity contribution is 0.0940. The van der Waals surface area contributed by atoms with Crippen LogP contribution in [0.25, 0.3) is 0 Å². The van der Waals surface area contributed by atoms with Crippen LogP contribution in [-0.4, -0.2) is 27.0 Å². The number of carbonyl (C=O) groups excluding carboxylic acids is 1. The molecule has 6 heteroatoms. The van der Waals surface area contributed by atoms with Gasteiger partial charge in [0.2, 0.25) is 0 Å². The molecule has 0 saturated heterocycles. The Labute approximate surface area is 105 Å². The van der Waals surface area contributed by atoms with E-state index in [1.807, 2.05) is 13.8 Å². The number of aromatic nitrogens is 3. The van der Waals surface area contributed by atoms with Crippen molar-refractivity contribution >= 4 is 5.91 Å². The normalized spacial score (nSPS) is 10.6. The minimum Gasteiger partial charge on any atom is -0.446 e. The number of rotatable bonds is 4. The molecule has 0 fully saturated rings. The monoisotopic (exact) mass is 248 g/mol. The summed E-state index contributed by atoms with van der Waals surface area (Å²) < 4.78 is 7.00. The second kappa shape index (κ2) is 5.03. The largest absolute Gasteiger partial charge is 0.446 e. The molecule has 2 rings (SSSR count). The van der Waals surface area contributed by atoms with Crippen LogP contribution in [0.3, 0.4) is 0 Å². The third kappa shape index (κ3) is 2.58. The first-order valence-electron chi connectivity index (χ1n) is 5.76. The molecule has 96 valence electrons. The first-order chi connectivity index (χ1) is 8.58. The molecule has 6 nitrogen and oxygen atoms in total. The maximum Gasteiger partial charge on any atom is 0.287 e. The number of carbonyl (C=O) groups is 1. The Bertz CT molecular complexity index is 556. The van der Waals surface area contributed by atoms with Gasteiger partial charge in [0.25, 0.3) is 5.91 Å². The van der Waals surface area contributed by atoms with Gasteiger partial charge in [-0.15, -0.1) is 0 Å². The number of nitrogens with zero attached hydrogens (tertiary/aromatic N) is 3. The topological polar surface area (TPSA) is 73.0 Å². The highest BCUT2D eigenvalue weighted by Crippen LogP contribution is 2.08. The lowest BCUT2D eigenvalue weighted by Crippen LogP contribution is -2.28. The van der Waals surface area contributed by atoms with Gasteiger partial charge in [0.15, 0.2) is 11.7 Å². The van der Waals surface area contributed by atoms with Crippen LogP contribution in [0.4, 0.5) is 0 Å². The van der Waals surface area contributed by atoms with E-state index in [1.165, 1.54) is 0 Å². The molecule has 2 aromatic rings. The maximum absolute atomic E-state index is 11.8. The summed E-state index contributed by atoms with van der Waals surface area (Å²) in [6.07, 6.45) is 3.99. The third-order valence-corrected chi connectivity index (χ3v) is 2.67. The molecule has 0 unspecified atom stereocenters. The first kappa shape index (κ1) is 12.3. The van der Waals surface area contributed by atoms with Gasteiger partial charge >= 0.3 is 0 Å². The zero-order valence-electron chi connectivity index (χ0n) is 10.7. The van der Waals surface area contributed by atoms with Crippen LogP contribution in [0, 0.1) is 13.8 Å². The molecule has 0 aromatic carbocycles. The average molecular weight is 248 g/mol. The minimum absolute atomic E-state index is 0.180. The van der Waals surface area contributed by atoms with Gasteiger partial charge in [0, 0.05) is 39.3 Å². The number of nitrogens with one attached hydrogen (secondary N) is 1. The predicted molar refractivity (Wildman–Crippen MR) is 65.2 cm³/mol. The van der Waals surface area contributed by atoms with Gasteiger partial charge in [-0.2, -0.15) is 0 Å². The molecule has 2 heterocycles. The Morgan fingerprint density at radius 1 is 1.50 bits per heavy atom. The highest BCUT2D eigenvalue weighted by molar-refractivity contribution is 5.90. The molecule has 0 aliphatic heterocycles. The highest BCUT2D eigenvalue weighted by Gasteiger charge is 2.11. The van der Waals surface area contributed by atoms with Crippen LogP contribution in [0.1, 0.15) is 28.0 Å². The van der Waals surface area contributed by atoms with E-state index < -0.39 is 0 Å². The standard InChI is InChI=1S/C12H16N4O2/c1-8-10(15-9(2)18-8)4-5-14-12(17)11-13-6-7-16(11)3/h6-7H,4-5H2,1-3H3,(H,14,17). The van der Waals surface area contributed by atoms with Crippen LogP contribution in [0.15, 0.2) is 16.8 Å². The van der Waals surface area contributed by atoms with Gasteiger partial charge in [0.1, 0.15) is 5.76 Å². The van der Waals surface area contributed by atoms with Gasteiger partial charge in [-0.05, 0) is 6.92 Å². The fraction of sp³-hybridized carbons (Fsp3) is 0.417. The molecule has 18 heavy (non-hydrogen) atoms. The van der Waals surface area contributed by atoms with E-state index in [0.717, 1.165) is 11.5 Å². The van der Waals surface area contributed by atoms with E-state index >= 15 is 0 Å². The molecule has 0 radical (unpaired) electrons. The summed E-state index contributed by atoms with van der Waals surface area (Å²) in [5.74, 6) is 1.68. The predicted octanol–water partition coefficient (Wildman–Crippen LogP) is 0.997. The lowest BCUT2D eigenvalue weighted by atomic mass is 10.2. The molecule has 0 saturated carbocycles. The van der Waals surface area contributed by atoms with Crippen molar-refractivity contribution in [1.29, 1.82) is 0 Å². The van der Waals surface area contributed by atoms with Crippen molar-refractivity contribution in [2.45, 2.75) is 20.3 Å². The van der Waals surface area contributed by atoms with Crippen LogP contribution in [-0.2, 0) is 13.5 Å². The summed E-state index contributed by atoms with van der Waals surface area (Å²) in [5.41, 5.74) is 0.882. The van der Waals surface area contributed by atoms with Crippen LogP contribution in [0.5, 0.6) is 0 Å². The van der Waals surface area contributed by atoms with Crippen molar-refractivity contribution in [3.8, 4) is 0 Å². The molecule has 0 aliphatic rings. The maximum atomic E-state index is 11.8. The lowest BCUT2D eigenvalue weighted by Gasteiger charge is -2.03. The van der Waals surface area contributed by atoms with E-state index in [1.54, 1.807) is 24.0 Å². The Kier molecular flexibility index (Phi) is 3.45. The van der Waals surface area contributed by atoms with Gasteiger partial charge in [-0.25, -0.2) is 9.97 Å². The van der Waals surface area contributed by atoms with E-state index in [2.05, 4.69) is 15.3 Å². The summed E-state index contributed by atoms with van der Waals surface area (Å²) in [7, 11) is 1.78. The molecular weight excluding hydrogens is 232 g/mol. The SMILES string of the molecule is Cc1nc(CCNC(=O)c2nccn2C)c(C)o1. The van der Waals surface area contributed by atoms with Crippen LogP contribution >= 0.6 is 0 Å². The quantitative estimate of drug-likeness (QED) is 0.876. The summed E-state index contributed by atoms with van der Waals surface area (Å²) in [6.45, 7) is 4.19. The fourth-order valence-corrected chi connectivity index (χ4v) is 1.76. The molecule has 2 aromatic heterocycles. The van der Waals surface area contributed by atoms with Crippen LogP contribution in [0.2, 0.25) is 0 Å². The first-order valence-corrected chi connectivity index (χ1v) is 5.76. The average Bonchev–Trinajstić information content (AvgIpc) is 2.85. The second-order valence-corrected chi connectivity index (χ2v) is 4.10. The molecule has 0 aliphatic carbocycles.